The van der Waals surface area contributed by atoms with Crippen LogP contribution >= 0.6 is 11.8 Å². The van der Waals surface area contributed by atoms with Crippen LogP contribution in [-0.4, -0.2) is 16.6 Å². The average Bonchev–Trinajstić information content (AvgIpc) is 2.56. The van der Waals surface area contributed by atoms with Crippen LogP contribution in [0.1, 0.15) is 21.6 Å². The van der Waals surface area contributed by atoms with Crippen LogP contribution < -0.4 is 5.32 Å². The number of fused-ring (bicyclic) bond motifs is 1. The van der Waals surface area contributed by atoms with Crippen molar-refractivity contribution < 1.29 is 13.6 Å². The van der Waals surface area contributed by atoms with Crippen molar-refractivity contribution in [3.8, 4) is 0 Å². The largest absolute Gasteiger partial charge is 0.322 e. The van der Waals surface area contributed by atoms with E-state index in [1.807, 2.05) is 31.2 Å². The van der Waals surface area contributed by atoms with Gasteiger partial charge in [-0.2, -0.15) is 8.78 Å². The molecule has 0 aliphatic heterocycles. The molecular weight excluding hydrogens is 342 g/mol. The Kier molecular flexibility index (Phi) is 4.99. The fourth-order valence-electron chi connectivity index (χ4n) is 2.78. The van der Waals surface area contributed by atoms with E-state index >= 15 is 0 Å². The highest BCUT2D eigenvalue weighted by molar-refractivity contribution is 7.99. The molecule has 0 fully saturated rings. The van der Waals surface area contributed by atoms with Crippen molar-refractivity contribution in [3.05, 3.63) is 65.4 Å². The molecule has 1 aromatic heterocycles. The Labute approximate surface area is 148 Å². The molecule has 0 saturated carbocycles. The van der Waals surface area contributed by atoms with Gasteiger partial charge in [0.1, 0.15) is 0 Å². The molecule has 1 heterocycles. The zero-order chi connectivity index (χ0) is 18.0. The minimum absolute atomic E-state index is 0.262. The Morgan fingerprint density at radius 2 is 1.76 bits per heavy atom. The van der Waals surface area contributed by atoms with E-state index < -0.39 is 5.76 Å². The molecular formula is C19H16F2N2OS. The van der Waals surface area contributed by atoms with Gasteiger partial charge in [0.05, 0.1) is 16.8 Å². The molecule has 1 N–H and O–H groups in total. The number of hydrogen-bond donors (Lipinski definition) is 1. The van der Waals surface area contributed by atoms with Crippen LogP contribution in [0.3, 0.4) is 0 Å². The highest BCUT2D eigenvalue weighted by atomic mass is 32.2. The maximum atomic E-state index is 12.7. The lowest BCUT2D eigenvalue weighted by Crippen LogP contribution is -2.16. The number of alkyl halides is 2. The molecule has 0 aliphatic carbocycles. The lowest BCUT2D eigenvalue weighted by molar-refractivity contribution is 0.102. The van der Waals surface area contributed by atoms with Gasteiger partial charge in [-0.25, -0.2) is 0 Å². The van der Waals surface area contributed by atoms with E-state index in [1.54, 1.807) is 31.2 Å². The van der Waals surface area contributed by atoms with Crippen molar-refractivity contribution >= 4 is 34.3 Å². The average molecular weight is 358 g/mol. The van der Waals surface area contributed by atoms with Crippen LogP contribution in [0.4, 0.5) is 14.5 Å². The quantitative estimate of drug-likeness (QED) is 0.633. The molecule has 3 rings (SSSR count). The van der Waals surface area contributed by atoms with Gasteiger partial charge in [-0.15, -0.1) is 0 Å². The maximum Gasteiger partial charge on any atom is 0.288 e. The molecule has 1 amide bonds. The number of carbonyl (C=O) groups is 1. The third-order valence-corrected chi connectivity index (χ3v) is 4.62. The number of pyridine rings is 1. The second kappa shape index (κ2) is 7.19. The third kappa shape index (κ3) is 3.79. The molecule has 0 saturated heterocycles. The monoisotopic (exact) mass is 358 g/mol. The first-order valence-corrected chi connectivity index (χ1v) is 8.56. The molecule has 0 atom stereocenters. The highest BCUT2D eigenvalue weighted by Crippen LogP contribution is 2.27. The zero-order valence-electron chi connectivity index (χ0n) is 13.7. The van der Waals surface area contributed by atoms with Crippen LogP contribution in [0.5, 0.6) is 0 Å². The number of amides is 1. The number of nitrogens with one attached hydrogen (secondary N) is 1. The lowest BCUT2D eigenvalue weighted by Gasteiger charge is -2.13. The van der Waals surface area contributed by atoms with Crippen LogP contribution in [-0.2, 0) is 0 Å². The summed E-state index contributed by atoms with van der Waals surface area (Å²) in [5.41, 5.74) is 3.45. The van der Waals surface area contributed by atoms with E-state index in [0.717, 1.165) is 16.5 Å². The molecule has 0 unspecified atom stereocenters. The van der Waals surface area contributed by atoms with E-state index in [1.165, 1.54) is 0 Å². The predicted octanol–water partition coefficient (Wildman–Crippen LogP) is 5.42. The summed E-state index contributed by atoms with van der Waals surface area (Å²) in [6, 6.07) is 14.0. The van der Waals surface area contributed by atoms with Gasteiger partial charge >= 0.3 is 0 Å². The van der Waals surface area contributed by atoms with Crippen molar-refractivity contribution in [2.75, 3.05) is 5.32 Å². The Hall–Kier alpha value is -2.47. The summed E-state index contributed by atoms with van der Waals surface area (Å²) in [6.07, 6.45) is 0. The predicted molar refractivity (Wildman–Crippen MR) is 97.5 cm³/mol. The fourth-order valence-corrected chi connectivity index (χ4v) is 3.28. The van der Waals surface area contributed by atoms with E-state index in [0.29, 0.717) is 33.6 Å². The highest BCUT2D eigenvalue weighted by Gasteiger charge is 2.16. The smallest absolute Gasteiger partial charge is 0.288 e. The lowest BCUT2D eigenvalue weighted by atomic mass is 10.0. The van der Waals surface area contributed by atoms with Crippen molar-refractivity contribution in [1.82, 2.24) is 4.98 Å². The number of aromatic nitrogens is 1. The minimum Gasteiger partial charge on any atom is -0.322 e. The number of anilines is 1. The van der Waals surface area contributed by atoms with Crippen LogP contribution in [0.25, 0.3) is 10.9 Å². The summed E-state index contributed by atoms with van der Waals surface area (Å²) in [6.45, 7) is 3.70. The van der Waals surface area contributed by atoms with Gasteiger partial charge in [0.15, 0.2) is 0 Å². The first kappa shape index (κ1) is 17.4. The Morgan fingerprint density at radius 1 is 1.08 bits per heavy atom. The van der Waals surface area contributed by atoms with Crippen LogP contribution in [0, 0.1) is 13.8 Å². The van der Waals surface area contributed by atoms with Gasteiger partial charge in [-0.1, -0.05) is 30.0 Å². The van der Waals surface area contributed by atoms with Gasteiger partial charge in [-0.05, 0) is 49.7 Å². The van der Waals surface area contributed by atoms with Crippen LogP contribution in [0.2, 0.25) is 0 Å². The molecule has 128 valence electrons. The number of rotatable bonds is 4. The number of para-hydroxylation sites is 1. The van der Waals surface area contributed by atoms with Crippen LogP contribution in [0.15, 0.2) is 53.4 Å². The normalized spacial score (nSPS) is 11.1. The minimum atomic E-state index is -2.46. The van der Waals surface area contributed by atoms with Gasteiger partial charge in [-0.3, -0.25) is 9.78 Å². The summed E-state index contributed by atoms with van der Waals surface area (Å²) in [4.78, 5) is 17.6. The fraction of sp³-hybridized carbons (Fsp3) is 0.158. The first-order chi connectivity index (χ1) is 12.0. The second-order valence-electron chi connectivity index (χ2n) is 5.57. The third-order valence-electron chi connectivity index (χ3n) is 3.90. The van der Waals surface area contributed by atoms with Gasteiger partial charge in [0.25, 0.3) is 11.7 Å². The molecule has 0 aliphatic rings. The first-order valence-electron chi connectivity index (χ1n) is 7.68. The standard InChI is InChI=1S/C19H16F2N2OS/c1-11-15-5-3-4-6-16(15)22-12(2)17(11)18(24)23-13-7-9-14(10-8-13)25-19(20)21/h3-10,19H,1-2H3,(H,23,24). The van der Waals surface area contributed by atoms with Crippen molar-refractivity contribution in [2.45, 2.75) is 24.5 Å². The van der Waals surface area contributed by atoms with E-state index in [-0.39, 0.29) is 5.91 Å². The van der Waals surface area contributed by atoms with Crippen molar-refractivity contribution in [2.24, 2.45) is 0 Å². The Morgan fingerprint density at radius 3 is 2.44 bits per heavy atom. The molecule has 0 bridgehead atoms. The molecule has 6 heteroatoms. The summed E-state index contributed by atoms with van der Waals surface area (Å²) in [5.74, 6) is -2.73. The molecule has 2 aromatic carbocycles. The molecule has 0 radical (unpaired) electrons. The summed E-state index contributed by atoms with van der Waals surface area (Å²) < 4.78 is 24.7. The van der Waals surface area contributed by atoms with Crippen molar-refractivity contribution in [3.63, 3.8) is 0 Å². The van der Waals surface area contributed by atoms with E-state index in [9.17, 15) is 13.6 Å². The SMILES string of the molecule is Cc1nc2ccccc2c(C)c1C(=O)Nc1ccc(SC(F)F)cc1. The van der Waals surface area contributed by atoms with Gasteiger partial charge in [0, 0.05) is 16.0 Å². The van der Waals surface area contributed by atoms with Gasteiger partial charge in [0.2, 0.25) is 0 Å². The number of thioether (sulfide) groups is 1. The molecule has 0 spiro atoms. The number of hydrogen-bond acceptors (Lipinski definition) is 3. The topological polar surface area (TPSA) is 42.0 Å². The molecule has 3 nitrogen and oxygen atoms in total. The number of benzene rings is 2. The Balaban J connectivity index is 1.87. The number of nitrogens with zero attached hydrogens (tertiary/aromatic N) is 1. The zero-order valence-corrected chi connectivity index (χ0v) is 14.5. The Bertz CT molecular complexity index is 927. The summed E-state index contributed by atoms with van der Waals surface area (Å²) >= 11 is 0.473. The summed E-state index contributed by atoms with van der Waals surface area (Å²) in [5, 5.41) is 3.74. The maximum absolute atomic E-state index is 12.7. The van der Waals surface area contributed by atoms with E-state index in [2.05, 4.69) is 10.3 Å². The van der Waals surface area contributed by atoms with Crippen molar-refractivity contribution in [1.29, 1.82) is 0 Å². The number of carbonyl (C=O) groups excluding carboxylic acids is 1. The van der Waals surface area contributed by atoms with Gasteiger partial charge < -0.3 is 5.32 Å². The molecule has 3 aromatic rings. The number of halogens is 2. The van der Waals surface area contributed by atoms with E-state index in [4.69, 9.17) is 0 Å². The number of aryl methyl sites for hydroxylation is 2. The molecule has 25 heavy (non-hydrogen) atoms. The summed E-state index contributed by atoms with van der Waals surface area (Å²) in [7, 11) is 0. The second-order valence-corrected chi connectivity index (χ2v) is 6.63.